The molecular weight excluding hydrogens is 193 g/mol. The first-order valence-electron chi connectivity index (χ1n) is 5.50. The molecule has 0 amide bonds. The van der Waals surface area contributed by atoms with Crippen molar-refractivity contribution in [1.82, 2.24) is 5.32 Å². The Morgan fingerprint density at radius 1 is 1.40 bits per heavy atom. The SMILES string of the molecule is Fc1ccc2c(c1)C1NCCCC1CO2. The topological polar surface area (TPSA) is 21.3 Å². The lowest BCUT2D eigenvalue weighted by molar-refractivity contribution is 0.146. The van der Waals surface area contributed by atoms with Crippen molar-refractivity contribution in [3.05, 3.63) is 29.6 Å². The van der Waals surface area contributed by atoms with Crippen molar-refractivity contribution < 1.29 is 9.13 Å². The molecule has 0 spiro atoms. The Hall–Kier alpha value is -1.09. The van der Waals surface area contributed by atoms with Crippen LogP contribution in [-0.2, 0) is 0 Å². The van der Waals surface area contributed by atoms with Crippen LogP contribution < -0.4 is 10.1 Å². The van der Waals surface area contributed by atoms with Gasteiger partial charge in [0.2, 0.25) is 0 Å². The Kier molecular flexibility index (Phi) is 2.13. The highest BCUT2D eigenvalue weighted by Crippen LogP contribution is 2.39. The van der Waals surface area contributed by atoms with Crippen molar-refractivity contribution in [2.45, 2.75) is 18.9 Å². The average Bonchev–Trinajstić information content (AvgIpc) is 2.29. The van der Waals surface area contributed by atoms with Crippen molar-refractivity contribution in [2.75, 3.05) is 13.2 Å². The molecule has 80 valence electrons. The summed E-state index contributed by atoms with van der Waals surface area (Å²) in [6.45, 7) is 1.79. The minimum atomic E-state index is -0.176. The van der Waals surface area contributed by atoms with Crippen LogP contribution in [0.3, 0.4) is 0 Å². The highest BCUT2D eigenvalue weighted by molar-refractivity contribution is 5.38. The van der Waals surface area contributed by atoms with Gasteiger partial charge < -0.3 is 10.1 Å². The molecule has 2 aliphatic heterocycles. The summed E-state index contributed by atoms with van der Waals surface area (Å²) >= 11 is 0. The molecule has 3 heteroatoms. The van der Waals surface area contributed by atoms with Crippen LogP contribution in [0.4, 0.5) is 4.39 Å². The fraction of sp³-hybridized carbons (Fsp3) is 0.500. The van der Waals surface area contributed by atoms with E-state index in [-0.39, 0.29) is 11.9 Å². The van der Waals surface area contributed by atoms with Gasteiger partial charge in [0.1, 0.15) is 11.6 Å². The molecule has 3 rings (SSSR count). The molecule has 2 unspecified atom stereocenters. The van der Waals surface area contributed by atoms with Gasteiger partial charge in [0, 0.05) is 17.5 Å². The molecule has 2 heterocycles. The lowest BCUT2D eigenvalue weighted by Crippen LogP contribution is -2.39. The Balaban J connectivity index is 2.01. The zero-order valence-corrected chi connectivity index (χ0v) is 8.50. The number of hydrogen-bond acceptors (Lipinski definition) is 2. The molecular formula is C12H14FNO. The van der Waals surface area contributed by atoms with Gasteiger partial charge in [-0.1, -0.05) is 0 Å². The molecule has 0 aliphatic carbocycles. The molecule has 0 aromatic heterocycles. The zero-order valence-electron chi connectivity index (χ0n) is 8.50. The zero-order chi connectivity index (χ0) is 10.3. The van der Waals surface area contributed by atoms with Crippen LogP contribution in [-0.4, -0.2) is 13.2 Å². The number of fused-ring (bicyclic) bond motifs is 3. The summed E-state index contributed by atoms with van der Waals surface area (Å²) in [5.74, 6) is 1.17. The molecule has 1 N–H and O–H groups in total. The van der Waals surface area contributed by atoms with E-state index in [9.17, 15) is 4.39 Å². The van der Waals surface area contributed by atoms with E-state index in [2.05, 4.69) is 5.32 Å². The first-order valence-corrected chi connectivity index (χ1v) is 5.50. The third-order valence-corrected chi connectivity index (χ3v) is 3.35. The first-order chi connectivity index (χ1) is 7.34. The number of piperidine rings is 1. The van der Waals surface area contributed by atoms with Crippen molar-refractivity contribution >= 4 is 0 Å². The van der Waals surface area contributed by atoms with Gasteiger partial charge in [-0.15, -0.1) is 0 Å². The highest BCUT2D eigenvalue weighted by atomic mass is 19.1. The number of halogens is 1. The van der Waals surface area contributed by atoms with E-state index in [1.807, 2.05) is 0 Å². The summed E-state index contributed by atoms with van der Waals surface area (Å²) in [7, 11) is 0. The van der Waals surface area contributed by atoms with Crippen LogP contribution in [0.25, 0.3) is 0 Å². The average molecular weight is 207 g/mol. The molecule has 15 heavy (non-hydrogen) atoms. The molecule has 0 saturated carbocycles. The fourth-order valence-corrected chi connectivity index (χ4v) is 2.59. The van der Waals surface area contributed by atoms with E-state index in [1.165, 1.54) is 18.9 Å². The van der Waals surface area contributed by atoms with Crippen LogP contribution >= 0.6 is 0 Å². The van der Waals surface area contributed by atoms with Gasteiger partial charge in [0.15, 0.2) is 0 Å². The van der Waals surface area contributed by atoms with E-state index in [4.69, 9.17) is 4.74 Å². The summed E-state index contributed by atoms with van der Waals surface area (Å²) in [5, 5.41) is 3.46. The molecule has 1 saturated heterocycles. The third kappa shape index (κ3) is 1.51. The van der Waals surface area contributed by atoms with Crippen molar-refractivity contribution in [2.24, 2.45) is 5.92 Å². The predicted octanol–water partition coefficient (Wildman–Crippen LogP) is 2.26. The van der Waals surface area contributed by atoms with E-state index < -0.39 is 0 Å². The van der Waals surface area contributed by atoms with Crippen LogP contribution in [0, 0.1) is 11.7 Å². The molecule has 0 radical (unpaired) electrons. The third-order valence-electron chi connectivity index (χ3n) is 3.35. The molecule has 0 bridgehead atoms. The smallest absolute Gasteiger partial charge is 0.124 e. The van der Waals surface area contributed by atoms with Gasteiger partial charge in [0.25, 0.3) is 0 Å². The molecule has 2 atom stereocenters. The van der Waals surface area contributed by atoms with E-state index in [1.54, 1.807) is 12.1 Å². The Bertz CT molecular complexity index is 380. The fourth-order valence-electron chi connectivity index (χ4n) is 2.59. The van der Waals surface area contributed by atoms with Gasteiger partial charge in [-0.25, -0.2) is 4.39 Å². The lowest BCUT2D eigenvalue weighted by atomic mass is 9.85. The number of hydrogen-bond donors (Lipinski definition) is 1. The lowest BCUT2D eigenvalue weighted by Gasteiger charge is -2.37. The maximum atomic E-state index is 13.2. The molecule has 2 nitrogen and oxygen atoms in total. The number of ether oxygens (including phenoxy) is 1. The van der Waals surface area contributed by atoms with E-state index >= 15 is 0 Å². The Morgan fingerprint density at radius 2 is 2.33 bits per heavy atom. The number of nitrogens with one attached hydrogen (secondary N) is 1. The minimum Gasteiger partial charge on any atom is -0.493 e. The monoisotopic (exact) mass is 207 g/mol. The van der Waals surface area contributed by atoms with Crippen molar-refractivity contribution in [3.8, 4) is 5.75 Å². The summed E-state index contributed by atoms with van der Waals surface area (Å²) < 4.78 is 18.8. The second kappa shape index (κ2) is 3.49. The predicted molar refractivity (Wildman–Crippen MR) is 55.4 cm³/mol. The maximum Gasteiger partial charge on any atom is 0.124 e. The maximum absolute atomic E-state index is 13.2. The normalized spacial score (nSPS) is 28.9. The highest BCUT2D eigenvalue weighted by Gasteiger charge is 2.32. The van der Waals surface area contributed by atoms with E-state index in [0.717, 1.165) is 24.5 Å². The largest absolute Gasteiger partial charge is 0.493 e. The number of rotatable bonds is 0. The van der Waals surface area contributed by atoms with Gasteiger partial charge in [-0.3, -0.25) is 0 Å². The van der Waals surface area contributed by atoms with Crippen LogP contribution in [0.1, 0.15) is 24.4 Å². The second-order valence-corrected chi connectivity index (χ2v) is 4.33. The van der Waals surface area contributed by atoms with Gasteiger partial charge >= 0.3 is 0 Å². The Labute approximate surface area is 88.4 Å². The summed E-state index contributed by atoms with van der Waals surface area (Å²) in [5.41, 5.74) is 0.992. The van der Waals surface area contributed by atoms with Gasteiger partial charge in [-0.05, 0) is 37.6 Å². The van der Waals surface area contributed by atoms with E-state index in [0.29, 0.717) is 5.92 Å². The summed E-state index contributed by atoms with van der Waals surface area (Å²) in [6.07, 6.45) is 2.36. The molecule has 1 fully saturated rings. The Morgan fingerprint density at radius 3 is 3.27 bits per heavy atom. The summed E-state index contributed by atoms with van der Waals surface area (Å²) in [6, 6.07) is 5.09. The second-order valence-electron chi connectivity index (χ2n) is 4.33. The van der Waals surface area contributed by atoms with Crippen LogP contribution in [0.15, 0.2) is 18.2 Å². The molecule has 2 aliphatic rings. The van der Waals surface area contributed by atoms with Crippen molar-refractivity contribution in [3.63, 3.8) is 0 Å². The molecule has 1 aromatic rings. The van der Waals surface area contributed by atoms with Gasteiger partial charge in [0.05, 0.1) is 6.61 Å². The number of benzene rings is 1. The van der Waals surface area contributed by atoms with Crippen LogP contribution in [0.5, 0.6) is 5.75 Å². The van der Waals surface area contributed by atoms with Crippen molar-refractivity contribution in [1.29, 1.82) is 0 Å². The summed E-state index contributed by atoms with van der Waals surface area (Å²) in [4.78, 5) is 0. The standard InChI is InChI=1S/C12H14FNO/c13-9-3-4-11-10(6-9)12-8(7-15-11)2-1-5-14-12/h3-4,6,8,12,14H,1-2,5,7H2. The van der Waals surface area contributed by atoms with Gasteiger partial charge in [-0.2, -0.15) is 0 Å². The van der Waals surface area contributed by atoms with Crippen LogP contribution in [0.2, 0.25) is 0 Å². The minimum absolute atomic E-state index is 0.176. The first kappa shape index (κ1) is 9.16. The quantitative estimate of drug-likeness (QED) is 0.704. The molecule has 1 aromatic carbocycles.